The normalized spacial score (nSPS) is 13.0. The molecular weight excluding hydrogens is 538 g/mol. The van der Waals surface area contributed by atoms with E-state index in [4.69, 9.17) is 14.0 Å². The summed E-state index contributed by atoms with van der Waals surface area (Å²) in [4.78, 5) is 40.6. The number of aromatic nitrogens is 1. The number of carbonyl (C=O) groups excluding carboxylic acids is 3. The molecule has 3 aromatic carbocycles. The number of carbonyl (C=O) groups is 3. The molecule has 3 amide bonds. The van der Waals surface area contributed by atoms with Crippen LogP contribution in [0.5, 0.6) is 11.5 Å². The molecule has 11 nitrogen and oxygen atoms in total. The molecule has 1 N–H and O–H groups in total. The highest BCUT2D eigenvalue weighted by molar-refractivity contribution is 7.89. The summed E-state index contributed by atoms with van der Waals surface area (Å²) < 4.78 is 43.7. The average Bonchev–Trinajstić information content (AvgIpc) is 3.46. The third-order valence-corrected chi connectivity index (χ3v) is 7.50. The third-order valence-electron chi connectivity index (χ3n) is 6.29. The summed E-state index contributed by atoms with van der Waals surface area (Å²) in [6, 6.07) is 13.1. The number of rotatable bonds is 9. The van der Waals surface area contributed by atoms with Crippen LogP contribution in [0, 0.1) is 6.92 Å². The Hall–Kier alpha value is -4.71. The molecule has 0 saturated heterocycles. The van der Waals surface area contributed by atoms with Crippen LogP contribution in [0.15, 0.2) is 59.3 Å². The van der Waals surface area contributed by atoms with Gasteiger partial charge >= 0.3 is 5.91 Å². The molecule has 0 bridgehead atoms. The molecule has 0 fully saturated rings. The summed E-state index contributed by atoms with van der Waals surface area (Å²) in [6.07, 6.45) is 1.30. The van der Waals surface area contributed by atoms with Gasteiger partial charge in [-0.3, -0.25) is 14.4 Å². The topological polar surface area (TPSA) is 145 Å². The fourth-order valence-corrected chi connectivity index (χ4v) is 5.69. The first-order chi connectivity index (χ1) is 19.2. The molecule has 5 rings (SSSR count). The Morgan fingerprint density at radius 2 is 1.48 bits per heavy atom. The van der Waals surface area contributed by atoms with Gasteiger partial charge in [0.15, 0.2) is 0 Å². The van der Waals surface area contributed by atoms with Crippen molar-refractivity contribution >= 4 is 44.2 Å². The number of imide groups is 1. The predicted octanol–water partition coefficient (Wildman–Crippen LogP) is 3.99. The second-order valence-electron chi connectivity index (χ2n) is 8.96. The number of benzene rings is 3. The standard InChI is InChI=1S/C28H25N3O8S/c1-4-37-24-19-8-6-7-9-20(19)25(38-5-2)22-21(24)27(33)31(28(22)34)18-12-10-17(11-13-18)15-40(35,36)30-26(32)23-16(3)14-29-39-23/h6-14H,4-5,15H2,1-3H3,(H,30,32). The quantitative estimate of drug-likeness (QED) is 0.299. The van der Waals surface area contributed by atoms with E-state index in [1.165, 1.54) is 30.5 Å². The summed E-state index contributed by atoms with van der Waals surface area (Å²) >= 11 is 0. The van der Waals surface area contributed by atoms with Crippen LogP contribution >= 0.6 is 0 Å². The number of nitrogens with one attached hydrogen (secondary N) is 1. The van der Waals surface area contributed by atoms with Crippen molar-refractivity contribution < 1.29 is 36.8 Å². The summed E-state index contributed by atoms with van der Waals surface area (Å²) in [6.45, 7) is 5.70. The van der Waals surface area contributed by atoms with E-state index in [2.05, 4.69) is 5.16 Å². The van der Waals surface area contributed by atoms with Crippen LogP contribution in [0.3, 0.4) is 0 Å². The zero-order valence-electron chi connectivity index (χ0n) is 21.9. The van der Waals surface area contributed by atoms with Crippen LogP contribution in [0.4, 0.5) is 5.69 Å². The minimum absolute atomic E-state index is 0.117. The van der Waals surface area contributed by atoms with E-state index in [1.54, 1.807) is 32.9 Å². The van der Waals surface area contributed by atoms with Crippen molar-refractivity contribution in [3.8, 4) is 11.5 Å². The molecular formula is C28H25N3O8S. The molecule has 2 heterocycles. The highest BCUT2D eigenvalue weighted by atomic mass is 32.2. The first kappa shape index (κ1) is 26.9. The minimum atomic E-state index is -4.09. The number of fused-ring (bicyclic) bond motifs is 2. The Morgan fingerprint density at radius 1 is 0.925 bits per heavy atom. The lowest BCUT2D eigenvalue weighted by Gasteiger charge is -2.15. The number of sulfonamides is 1. The Bertz CT molecular complexity index is 1700. The van der Waals surface area contributed by atoms with Crippen molar-refractivity contribution in [1.29, 1.82) is 0 Å². The van der Waals surface area contributed by atoms with Gasteiger partial charge in [0, 0.05) is 16.3 Å². The van der Waals surface area contributed by atoms with Crippen molar-refractivity contribution in [2.75, 3.05) is 18.1 Å². The van der Waals surface area contributed by atoms with E-state index in [0.717, 1.165) is 4.90 Å². The van der Waals surface area contributed by atoms with Crippen molar-refractivity contribution in [2.24, 2.45) is 0 Å². The Balaban J connectivity index is 1.46. The van der Waals surface area contributed by atoms with Gasteiger partial charge in [-0.25, -0.2) is 18.0 Å². The second kappa shape index (κ2) is 10.5. The molecule has 0 radical (unpaired) electrons. The Labute approximate surface area is 229 Å². The van der Waals surface area contributed by atoms with Gasteiger partial charge in [-0.05, 0) is 38.5 Å². The fourth-order valence-electron chi connectivity index (χ4n) is 4.62. The maximum absolute atomic E-state index is 13.7. The van der Waals surface area contributed by atoms with E-state index in [-0.39, 0.29) is 35.8 Å². The van der Waals surface area contributed by atoms with Crippen LogP contribution in [-0.2, 0) is 15.8 Å². The molecule has 0 aliphatic carbocycles. The number of anilines is 1. The van der Waals surface area contributed by atoms with Crippen LogP contribution in [0.1, 0.15) is 56.2 Å². The van der Waals surface area contributed by atoms with Gasteiger partial charge < -0.3 is 14.0 Å². The maximum Gasteiger partial charge on any atom is 0.303 e. The number of amides is 3. The minimum Gasteiger partial charge on any atom is -0.492 e. The number of aryl methyl sites for hydroxylation is 1. The van der Waals surface area contributed by atoms with Gasteiger partial charge in [0.1, 0.15) is 11.5 Å². The van der Waals surface area contributed by atoms with E-state index >= 15 is 0 Å². The van der Waals surface area contributed by atoms with Gasteiger partial charge in [0.25, 0.3) is 11.8 Å². The maximum atomic E-state index is 13.7. The van der Waals surface area contributed by atoms with Gasteiger partial charge in [-0.15, -0.1) is 0 Å². The molecule has 0 atom stereocenters. The zero-order chi connectivity index (χ0) is 28.6. The molecule has 0 spiro atoms. The number of hydrogen-bond donors (Lipinski definition) is 1. The lowest BCUT2D eigenvalue weighted by Crippen LogP contribution is -2.32. The summed E-state index contributed by atoms with van der Waals surface area (Å²) in [5, 5.41) is 4.77. The zero-order valence-corrected chi connectivity index (χ0v) is 22.7. The molecule has 1 aliphatic rings. The van der Waals surface area contributed by atoms with Gasteiger partial charge in [-0.1, -0.05) is 41.6 Å². The lowest BCUT2D eigenvalue weighted by molar-refractivity contribution is 0.0919. The molecule has 4 aromatic rings. The van der Waals surface area contributed by atoms with Crippen molar-refractivity contribution in [3.63, 3.8) is 0 Å². The molecule has 1 aliphatic heterocycles. The highest BCUT2D eigenvalue weighted by Gasteiger charge is 2.43. The first-order valence-electron chi connectivity index (χ1n) is 12.4. The van der Waals surface area contributed by atoms with Crippen molar-refractivity contribution in [2.45, 2.75) is 26.5 Å². The molecule has 206 valence electrons. The molecule has 40 heavy (non-hydrogen) atoms. The first-order valence-corrected chi connectivity index (χ1v) is 14.1. The molecule has 0 unspecified atom stereocenters. The van der Waals surface area contributed by atoms with Crippen molar-refractivity contribution in [3.05, 3.63) is 82.7 Å². The Morgan fingerprint density at radius 3 is 1.95 bits per heavy atom. The largest absolute Gasteiger partial charge is 0.492 e. The van der Waals surface area contributed by atoms with Crippen LogP contribution in [0.2, 0.25) is 0 Å². The summed E-state index contributed by atoms with van der Waals surface area (Å²) in [7, 11) is -4.09. The highest BCUT2D eigenvalue weighted by Crippen LogP contribution is 2.46. The van der Waals surface area contributed by atoms with E-state index in [1.807, 2.05) is 16.9 Å². The van der Waals surface area contributed by atoms with E-state index in [0.29, 0.717) is 33.4 Å². The monoisotopic (exact) mass is 563 g/mol. The molecule has 0 saturated carbocycles. The third kappa shape index (κ3) is 4.66. The van der Waals surface area contributed by atoms with Gasteiger partial charge in [-0.2, -0.15) is 0 Å². The van der Waals surface area contributed by atoms with E-state index in [9.17, 15) is 22.8 Å². The van der Waals surface area contributed by atoms with Crippen LogP contribution in [-0.4, -0.2) is 44.5 Å². The number of nitrogens with zero attached hydrogens (tertiary/aromatic N) is 2. The molecule has 12 heteroatoms. The fraction of sp³-hybridized carbons (Fsp3) is 0.214. The lowest BCUT2D eigenvalue weighted by atomic mass is 9.99. The Kier molecular flexibility index (Phi) is 7.03. The average molecular weight is 564 g/mol. The smallest absolute Gasteiger partial charge is 0.303 e. The van der Waals surface area contributed by atoms with Gasteiger partial charge in [0.05, 0.1) is 42.0 Å². The summed E-state index contributed by atoms with van der Waals surface area (Å²) in [5.74, 6) is -2.20. The van der Waals surface area contributed by atoms with Crippen LogP contribution in [0.25, 0.3) is 10.8 Å². The predicted molar refractivity (Wildman–Crippen MR) is 145 cm³/mol. The van der Waals surface area contributed by atoms with E-state index < -0.39 is 33.5 Å². The second-order valence-corrected chi connectivity index (χ2v) is 10.7. The van der Waals surface area contributed by atoms with Crippen molar-refractivity contribution in [1.82, 2.24) is 9.88 Å². The number of ether oxygens (including phenoxy) is 2. The summed E-state index contributed by atoms with van der Waals surface area (Å²) in [5.41, 5.74) is 1.19. The van der Waals surface area contributed by atoms with Crippen LogP contribution < -0.4 is 19.1 Å². The SMILES string of the molecule is CCOc1c2c(c(OCC)c3ccccc13)C(=O)N(c1ccc(CS(=O)(=O)NC(=O)c3oncc3C)cc1)C2=O. The van der Waals surface area contributed by atoms with Gasteiger partial charge in [0.2, 0.25) is 15.8 Å². The molecule has 1 aromatic heterocycles. The number of hydrogen-bond acceptors (Lipinski definition) is 9.